The van der Waals surface area contributed by atoms with Gasteiger partial charge in [0.05, 0.1) is 6.42 Å². The maximum absolute atomic E-state index is 11.2. The van der Waals surface area contributed by atoms with Crippen LogP contribution >= 0.6 is 0 Å². The predicted molar refractivity (Wildman–Crippen MR) is 20.9 cm³/mol. The van der Waals surface area contributed by atoms with Gasteiger partial charge in [0.2, 0.25) is 12.3 Å². The van der Waals surface area contributed by atoms with E-state index in [4.69, 9.17) is 5.11 Å². The van der Waals surface area contributed by atoms with Crippen LogP contribution in [-0.2, 0) is 4.79 Å². The summed E-state index contributed by atoms with van der Waals surface area (Å²) in [5.41, 5.74) is 4.45. The van der Waals surface area contributed by atoms with Crippen molar-refractivity contribution in [3.8, 4) is 0 Å². The molecule has 1 unspecified atom stereocenters. The number of amides is 1. The molecule has 0 aromatic rings. The summed E-state index contributed by atoms with van der Waals surface area (Å²) >= 11 is 0. The number of aliphatic hydroxyl groups excluding tert-OH is 1. The number of hydrogen-bond donors (Lipinski definition) is 2. The van der Waals surface area contributed by atoms with Gasteiger partial charge in [-0.3, -0.25) is 4.79 Å². The fourth-order valence-electron chi connectivity index (χ4n) is 0.166. The summed E-state index contributed by atoms with van der Waals surface area (Å²) in [7, 11) is 0. The molecule has 4 heteroatoms. The molecule has 0 rings (SSSR count). The van der Waals surface area contributed by atoms with Crippen LogP contribution in [-0.4, -0.2) is 17.4 Å². The summed E-state index contributed by atoms with van der Waals surface area (Å²) in [4.78, 5) is 9.63. The zero-order valence-electron chi connectivity index (χ0n) is 3.60. The second kappa shape index (κ2) is 2.52. The summed E-state index contributed by atoms with van der Waals surface area (Å²) < 4.78 is 11.2. The number of nitrogens with two attached hydrogens (primary N) is 1. The monoisotopic (exact) mass is 107 g/mol. The quantitative estimate of drug-likeness (QED) is 0.482. The van der Waals surface area contributed by atoms with Crippen molar-refractivity contribution >= 4 is 5.91 Å². The SMILES string of the molecule is NC(=O)CC(O)F. The number of halogens is 1. The molecule has 0 saturated carbocycles. The van der Waals surface area contributed by atoms with E-state index < -0.39 is 18.7 Å². The van der Waals surface area contributed by atoms with Crippen LogP contribution < -0.4 is 5.73 Å². The molecule has 0 aromatic carbocycles. The highest BCUT2D eigenvalue weighted by molar-refractivity contribution is 5.73. The lowest BCUT2D eigenvalue weighted by Crippen LogP contribution is -2.16. The molecule has 42 valence electrons. The van der Waals surface area contributed by atoms with Gasteiger partial charge in [-0.15, -0.1) is 0 Å². The second-order valence-electron chi connectivity index (χ2n) is 1.10. The normalized spacial score (nSPS) is 13.4. The fourth-order valence-corrected chi connectivity index (χ4v) is 0.166. The van der Waals surface area contributed by atoms with E-state index in [0.717, 1.165) is 0 Å². The number of alkyl halides is 1. The van der Waals surface area contributed by atoms with Crippen molar-refractivity contribution < 1.29 is 14.3 Å². The van der Waals surface area contributed by atoms with E-state index in [9.17, 15) is 9.18 Å². The molecule has 1 atom stereocenters. The van der Waals surface area contributed by atoms with E-state index >= 15 is 0 Å². The number of carbonyl (C=O) groups is 1. The Morgan fingerprint density at radius 1 is 2.00 bits per heavy atom. The highest BCUT2D eigenvalue weighted by atomic mass is 19.1. The molecular formula is C3H6FNO2. The summed E-state index contributed by atoms with van der Waals surface area (Å²) in [6, 6.07) is 0. The maximum Gasteiger partial charge on any atom is 0.222 e. The standard InChI is InChI=1S/C3H6FNO2/c4-2(6)1-3(5)7/h2,6H,1H2,(H2,5,7). The van der Waals surface area contributed by atoms with E-state index in [1.54, 1.807) is 0 Å². The lowest BCUT2D eigenvalue weighted by Gasteiger charge is -1.91. The van der Waals surface area contributed by atoms with Gasteiger partial charge in [-0.25, -0.2) is 4.39 Å². The lowest BCUT2D eigenvalue weighted by atomic mass is 10.4. The Morgan fingerprint density at radius 2 is 2.43 bits per heavy atom. The van der Waals surface area contributed by atoms with Crippen LogP contribution in [0.3, 0.4) is 0 Å². The number of aliphatic hydroxyl groups is 1. The Bertz CT molecular complexity index is 73.3. The van der Waals surface area contributed by atoms with Crippen LogP contribution in [0.5, 0.6) is 0 Å². The molecule has 3 nitrogen and oxygen atoms in total. The lowest BCUT2D eigenvalue weighted by molar-refractivity contribution is -0.122. The van der Waals surface area contributed by atoms with Gasteiger partial charge in [-0.1, -0.05) is 0 Å². The predicted octanol–water partition coefficient (Wildman–Crippen LogP) is -0.850. The molecule has 1 amide bonds. The summed E-state index contributed by atoms with van der Waals surface area (Å²) in [5.74, 6) is -0.838. The van der Waals surface area contributed by atoms with Gasteiger partial charge in [-0.2, -0.15) is 0 Å². The highest BCUT2D eigenvalue weighted by Gasteiger charge is 2.02. The molecule has 0 aromatic heterocycles. The van der Waals surface area contributed by atoms with Gasteiger partial charge >= 0.3 is 0 Å². The maximum atomic E-state index is 11.2. The first-order chi connectivity index (χ1) is 3.13. The molecule has 0 aliphatic rings. The molecule has 0 radical (unpaired) electrons. The van der Waals surface area contributed by atoms with E-state index in [0.29, 0.717) is 0 Å². The summed E-state index contributed by atoms with van der Waals surface area (Å²) in [5, 5.41) is 7.76. The molecule has 0 saturated heterocycles. The highest BCUT2D eigenvalue weighted by Crippen LogP contribution is 1.87. The van der Waals surface area contributed by atoms with Crippen molar-refractivity contribution in [2.75, 3.05) is 0 Å². The Labute approximate surface area is 39.9 Å². The third kappa shape index (κ3) is 5.36. The molecule has 0 spiro atoms. The van der Waals surface area contributed by atoms with Gasteiger partial charge < -0.3 is 10.8 Å². The smallest absolute Gasteiger partial charge is 0.222 e. The van der Waals surface area contributed by atoms with Crippen LogP contribution in [0.4, 0.5) is 4.39 Å². The first-order valence-electron chi connectivity index (χ1n) is 1.73. The van der Waals surface area contributed by atoms with E-state index in [1.165, 1.54) is 0 Å². The topological polar surface area (TPSA) is 63.3 Å². The zero-order chi connectivity index (χ0) is 5.86. The fraction of sp³-hybridized carbons (Fsp3) is 0.667. The Morgan fingerprint density at radius 3 is 2.43 bits per heavy atom. The van der Waals surface area contributed by atoms with Gasteiger partial charge in [0.25, 0.3) is 0 Å². The molecule has 7 heavy (non-hydrogen) atoms. The van der Waals surface area contributed by atoms with Crippen LogP contribution in [0, 0.1) is 0 Å². The van der Waals surface area contributed by atoms with Gasteiger partial charge in [0.15, 0.2) is 0 Å². The molecule has 0 aliphatic carbocycles. The molecule has 0 bridgehead atoms. The molecule has 0 heterocycles. The van der Waals surface area contributed by atoms with Crippen molar-refractivity contribution in [2.24, 2.45) is 5.73 Å². The third-order valence-electron chi connectivity index (χ3n) is 0.370. The number of carbonyl (C=O) groups excluding carboxylic acids is 1. The van der Waals surface area contributed by atoms with Crippen molar-refractivity contribution in [3.05, 3.63) is 0 Å². The van der Waals surface area contributed by atoms with Crippen molar-refractivity contribution in [1.29, 1.82) is 0 Å². The van der Waals surface area contributed by atoms with Gasteiger partial charge in [0, 0.05) is 0 Å². The zero-order valence-corrected chi connectivity index (χ0v) is 3.60. The summed E-state index contributed by atoms with van der Waals surface area (Å²) in [6.07, 6.45) is -2.71. The molecule has 3 N–H and O–H groups in total. The van der Waals surface area contributed by atoms with Crippen molar-refractivity contribution in [3.63, 3.8) is 0 Å². The number of hydrogen-bond acceptors (Lipinski definition) is 2. The van der Waals surface area contributed by atoms with Gasteiger partial charge in [0.1, 0.15) is 0 Å². The first-order valence-corrected chi connectivity index (χ1v) is 1.73. The molecule has 0 aliphatic heterocycles. The van der Waals surface area contributed by atoms with Gasteiger partial charge in [-0.05, 0) is 0 Å². The largest absolute Gasteiger partial charge is 0.370 e. The number of primary amides is 1. The summed E-state index contributed by atoms with van der Waals surface area (Å²) in [6.45, 7) is 0. The average Bonchev–Trinajstić information content (AvgIpc) is 1.27. The molecule has 0 fully saturated rings. The van der Waals surface area contributed by atoms with Crippen LogP contribution in [0.25, 0.3) is 0 Å². The Hall–Kier alpha value is -0.640. The number of rotatable bonds is 2. The minimum atomic E-state index is -2.10. The van der Waals surface area contributed by atoms with Crippen LogP contribution in [0.1, 0.15) is 6.42 Å². The minimum absolute atomic E-state index is 0.611. The Balaban J connectivity index is 3.13. The van der Waals surface area contributed by atoms with E-state index in [-0.39, 0.29) is 0 Å². The third-order valence-corrected chi connectivity index (χ3v) is 0.370. The Kier molecular flexibility index (Phi) is 2.29. The minimum Gasteiger partial charge on any atom is -0.370 e. The first kappa shape index (κ1) is 6.36. The van der Waals surface area contributed by atoms with Crippen LogP contribution in [0.15, 0.2) is 0 Å². The van der Waals surface area contributed by atoms with Crippen LogP contribution in [0.2, 0.25) is 0 Å². The van der Waals surface area contributed by atoms with Crippen molar-refractivity contribution in [2.45, 2.75) is 12.8 Å². The van der Waals surface area contributed by atoms with Crippen molar-refractivity contribution in [1.82, 2.24) is 0 Å². The second-order valence-corrected chi connectivity index (χ2v) is 1.10. The van der Waals surface area contributed by atoms with E-state index in [1.807, 2.05) is 0 Å². The molecular weight excluding hydrogens is 101 g/mol. The van der Waals surface area contributed by atoms with E-state index in [2.05, 4.69) is 5.73 Å². The average molecular weight is 107 g/mol.